The van der Waals surface area contributed by atoms with Gasteiger partial charge in [-0.05, 0) is 32.1 Å². The Morgan fingerprint density at radius 2 is 2.13 bits per heavy atom. The molecular formula is C11H13NO3. The summed E-state index contributed by atoms with van der Waals surface area (Å²) in [5.41, 5.74) is 1.26. The van der Waals surface area contributed by atoms with E-state index in [1.165, 1.54) is 7.11 Å². The van der Waals surface area contributed by atoms with Gasteiger partial charge in [0.15, 0.2) is 0 Å². The molecule has 0 bridgehead atoms. The fraction of sp³-hybridized carbons (Fsp3) is 0.273. The Kier molecular flexibility index (Phi) is 3.44. The van der Waals surface area contributed by atoms with Gasteiger partial charge in [0.2, 0.25) is 0 Å². The topological polar surface area (TPSA) is 52.4 Å². The van der Waals surface area contributed by atoms with E-state index in [1.54, 1.807) is 31.2 Å². The van der Waals surface area contributed by atoms with Crippen molar-refractivity contribution in [3.63, 3.8) is 0 Å². The van der Waals surface area contributed by atoms with Gasteiger partial charge < -0.3 is 4.74 Å². The zero-order chi connectivity index (χ0) is 11.4. The lowest BCUT2D eigenvalue weighted by Crippen LogP contribution is -1.97. The van der Waals surface area contributed by atoms with Gasteiger partial charge in [0, 0.05) is 5.56 Å². The molecular weight excluding hydrogens is 194 g/mol. The second-order valence-corrected chi connectivity index (χ2v) is 3.10. The normalized spacial score (nSPS) is 10.6. The minimum atomic E-state index is -0.382. The first kappa shape index (κ1) is 11.2. The number of nitro benzene ring substituents is 1. The highest BCUT2D eigenvalue weighted by molar-refractivity contribution is 5.69. The van der Waals surface area contributed by atoms with E-state index in [4.69, 9.17) is 4.74 Å². The Morgan fingerprint density at radius 3 is 2.60 bits per heavy atom. The van der Waals surface area contributed by atoms with Gasteiger partial charge in [-0.25, -0.2) is 0 Å². The Morgan fingerprint density at radius 1 is 1.47 bits per heavy atom. The van der Waals surface area contributed by atoms with Crippen LogP contribution in [-0.2, 0) is 0 Å². The molecule has 0 aromatic heterocycles. The minimum Gasteiger partial charge on any atom is -0.496 e. The van der Waals surface area contributed by atoms with Gasteiger partial charge >= 0.3 is 0 Å². The molecule has 0 radical (unpaired) electrons. The number of aryl methyl sites for hydroxylation is 1. The molecule has 0 saturated heterocycles. The molecule has 0 heterocycles. The third kappa shape index (κ3) is 2.15. The molecule has 0 aliphatic heterocycles. The summed E-state index contributed by atoms with van der Waals surface area (Å²) in [6, 6.07) is 3.42. The quantitative estimate of drug-likeness (QED) is 0.565. The first-order valence-electron chi connectivity index (χ1n) is 4.56. The summed E-state index contributed by atoms with van der Waals surface area (Å²) in [6.45, 7) is 3.52. The molecule has 0 atom stereocenters. The van der Waals surface area contributed by atoms with Crippen molar-refractivity contribution in [3.05, 3.63) is 39.4 Å². The average Bonchev–Trinajstić information content (AvgIpc) is 2.18. The van der Waals surface area contributed by atoms with Crippen molar-refractivity contribution in [1.82, 2.24) is 0 Å². The summed E-state index contributed by atoms with van der Waals surface area (Å²) in [5, 5.41) is 10.9. The number of ether oxygens (including phenoxy) is 1. The van der Waals surface area contributed by atoms with Crippen molar-refractivity contribution in [3.8, 4) is 5.75 Å². The SMILES string of the molecule is C/C=C\c1c(OC)ccc(C)c1[N+](=O)[O-]. The summed E-state index contributed by atoms with van der Waals surface area (Å²) >= 11 is 0. The van der Waals surface area contributed by atoms with Crippen LogP contribution in [0.2, 0.25) is 0 Å². The standard InChI is InChI=1S/C11H13NO3/c1-4-5-9-10(15-3)7-6-8(2)11(9)12(13)14/h4-7H,1-3H3/b5-4-. The van der Waals surface area contributed by atoms with Gasteiger partial charge in [0.1, 0.15) is 5.75 Å². The van der Waals surface area contributed by atoms with Gasteiger partial charge in [-0.1, -0.05) is 6.08 Å². The number of rotatable bonds is 3. The fourth-order valence-electron chi connectivity index (χ4n) is 1.45. The van der Waals surface area contributed by atoms with Gasteiger partial charge in [0.25, 0.3) is 5.69 Å². The Hall–Kier alpha value is -1.84. The van der Waals surface area contributed by atoms with Crippen molar-refractivity contribution in [2.75, 3.05) is 7.11 Å². The van der Waals surface area contributed by atoms with Crippen LogP contribution in [0.5, 0.6) is 5.75 Å². The first-order chi connectivity index (χ1) is 7.11. The first-order valence-corrected chi connectivity index (χ1v) is 4.56. The van der Waals surface area contributed by atoms with Gasteiger partial charge in [-0.15, -0.1) is 0 Å². The molecule has 0 spiro atoms. The van der Waals surface area contributed by atoms with Crippen LogP contribution in [0.25, 0.3) is 6.08 Å². The fourth-order valence-corrected chi connectivity index (χ4v) is 1.45. The van der Waals surface area contributed by atoms with Crippen LogP contribution in [0.15, 0.2) is 18.2 Å². The van der Waals surface area contributed by atoms with Gasteiger partial charge in [-0.2, -0.15) is 0 Å². The highest BCUT2D eigenvalue weighted by Gasteiger charge is 2.19. The van der Waals surface area contributed by atoms with Gasteiger partial charge in [-0.3, -0.25) is 10.1 Å². The van der Waals surface area contributed by atoms with Crippen LogP contribution >= 0.6 is 0 Å². The maximum Gasteiger partial charge on any atom is 0.283 e. The third-order valence-electron chi connectivity index (χ3n) is 2.11. The lowest BCUT2D eigenvalue weighted by Gasteiger charge is -2.07. The van der Waals surface area contributed by atoms with Crippen LogP contribution in [0.1, 0.15) is 18.1 Å². The zero-order valence-corrected chi connectivity index (χ0v) is 8.98. The molecule has 0 unspecified atom stereocenters. The van der Waals surface area contributed by atoms with E-state index in [1.807, 2.05) is 6.92 Å². The molecule has 0 saturated carbocycles. The highest BCUT2D eigenvalue weighted by Crippen LogP contribution is 2.32. The number of hydrogen-bond donors (Lipinski definition) is 0. The van der Waals surface area contributed by atoms with Crippen molar-refractivity contribution < 1.29 is 9.66 Å². The molecule has 0 aliphatic carbocycles. The summed E-state index contributed by atoms with van der Waals surface area (Å²) in [5.74, 6) is 0.519. The van der Waals surface area contributed by atoms with Crippen LogP contribution in [0, 0.1) is 17.0 Å². The number of hydrogen-bond acceptors (Lipinski definition) is 3. The zero-order valence-electron chi connectivity index (χ0n) is 8.98. The number of methoxy groups -OCH3 is 1. The largest absolute Gasteiger partial charge is 0.496 e. The van der Waals surface area contributed by atoms with E-state index in [-0.39, 0.29) is 10.6 Å². The molecule has 0 N–H and O–H groups in total. The number of allylic oxidation sites excluding steroid dienone is 1. The van der Waals surface area contributed by atoms with Crippen molar-refractivity contribution in [1.29, 1.82) is 0 Å². The van der Waals surface area contributed by atoms with E-state index in [0.717, 1.165) is 0 Å². The molecule has 1 rings (SSSR count). The Balaban J connectivity index is 3.50. The summed E-state index contributed by atoms with van der Waals surface area (Å²) in [4.78, 5) is 10.5. The Labute approximate surface area is 88.3 Å². The van der Waals surface area contributed by atoms with E-state index >= 15 is 0 Å². The molecule has 0 aliphatic rings. The van der Waals surface area contributed by atoms with Crippen LogP contribution in [0.3, 0.4) is 0 Å². The molecule has 1 aromatic rings. The summed E-state index contributed by atoms with van der Waals surface area (Å²) < 4.78 is 5.09. The monoisotopic (exact) mass is 207 g/mol. The second kappa shape index (κ2) is 4.59. The smallest absolute Gasteiger partial charge is 0.283 e. The lowest BCUT2D eigenvalue weighted by atomic mass is 10.1. The lowest BCUT2D eigenvalue weighted by molar-refractivity contribution is -0.385. The number of nitro groups is 1. The molecule has 0 amide bonds. The van der Waals surface area contributed by atoms with Crippen molar-refractivity contribution >= 4 is 11.8 Å². The molecule has 4 nitrogen and oxygen atoms in total. The molecule has 4 heteroatoms. The number of benzene rings is 1. The van der Waals surface area contributed by atoms with Crippen molar-refractivity contribution in [2.45, 2.75) is 13.8 Å². The second-order valence-electron chi connectivity index (χ2n) is 3.10. The molecule has 80 valence electrons. The van der Waals surface area contributed by atoms with E-state index in [9.17, 15) is 10.1 Å². The van der Waals surface area contributed by atoms with E-state index in [0.29, 0.717) is 16.9 Å². The summed E-state index contributed by atoms with van der Waals surface area (Å²) in [6.07, 6.45) is 3.44. The van der Waals surface area contributed by atoms with Crippen LogP contribution in [-0.4, -0.2) is 12.0 Å². The average molecular weight is 207 g/mol. The van der Waals surface area contributed by atoms with Gasteiger partial charge in [0.05, 0.1) is 17.6 Å². The van der Waals surface area contributed by atoms with E-state index < -0.39 is 0 Å². The van der Waals surface area contributed by atoms with E-state index in [2.05, 4.69) is 0 Å². The predicted molar refractivity (Wildman–Crippen MR) is 59.1 cm³/mol. The van der Waals surface area contributed by atoms with Crippen molar-refractivity contribution in [2.24, 2.45) is 0 Å². The highest BCUT2D eigenvalue weighted by atomic mass is 16.6. The van der Waals surface area contributed by atoms with Crippen LogP contribution < -0.4 is 4.74 Å². The maximum absolute atomic E-state index is 10.9. The maximum atomic E-state index is 10.9. The molecule has 1 aromatic carbocycles. The Bertz CT molecular complexity index is 411. The third-order valence-corrected chi connectivity index (χ3v) is 2.11. The molecule has 0 fully saturated rings. The predicted octanol–water partition coefficient (Wildman–Crippen LogP) is 2.94. The number of nitrogens with zero attached hydrogens (tertiary/aromatic N) is 1. The molecule has 15 heavy (non-hydrogen) atoms. The van der Waals surface area contributed by atoms with Crippen LogP contribution in [0.4, 0.5) is 5.69 Å². The summed E-state index contributed by atoms with van der Waals surface area (Å²) in [7, 11) is 1.50. The minimum absolute atomic E-state index is 0.104.